The van der Waals surface area contributed by atoms with Gasteiger partial charge in [-0.1, -0.05) is 54.4 Å². The van der Waals surface area contributed by atoms with Crippen LogP contribution >= 0.6 is 23.2 Å². The summed E-state index contributed by atoms with van der Waals surface area (Å²) in [6.45, 7) is 2.28. The molecule has 3 nitrogen and oxygen atoms in total. The average molecular weight is 404 g/mol. The van der Waals surface area contributed by atoms with Gasteiger partial charge in [0, 0.05) is 16.1 Å². The van der Waals surface area contributed by atoms with Crippen LogP contribution in [0.3, 0.4) is 0 Å². The van der Waals surface area contributed by atoms with Crippen LogP contribution in [-0.2, 0) is 9.53 Å². The molecule has 4 rings (SSSR count). The third-order valence-electron chi connectivity index (χ3n) is 5.61. The Labute approximate surface area is 170 Å². The van der Waals surface area contributed by atoms with E-state index in [1.165, 1.54) is 12.8 Å². The van der Waals surface area contributed by atoms with Crippen LogP contribution in [0.4, 0.5) is 0 Å². The summed E-state index contributed by atoms with van der Waals surface area (Å²) in [6, 6.07) is 15.6. The summed E-state index contributed by atoms with van der Waals surface area (Å²) in [6.07, 6.45) is 3.12. The number of nitrogens with zero attached hydrogens (tertiary/aromatic N) is 1. The number of halogens is 2. The SMILES string of the molecule is CC[C@@H](C1CC1)N1C(=O)CO[C@@H](c2ccc(Cl)cc2)[C@H]1c1ccc(Cl)cc1. The summed E-state index contributed by atoms with van der Waals surface area (Å²) in [5.74, 6) is 0.664. The lowest BCUT2D eigenvalue weighted by Crippen LogP contribution is -2.51. The number of amides is 1. The van der Waals surface area contributed by atoms with E-state index in [2.05, 4.69) is 11.8 Å². The minimum absolute atomic E-state index is 0.0684. The Morgan fingerprint density at radius 3 is 2.07 bits per heavy atom. The van der Waals surface area contributed by atoms with E-state index in [1.54, 1.807) is 0 Å². The molecule has 0 aromatic heterocycles. The molecule has 1 saturated carbocycles. The molecule has 0 spiro atoms. The number of carbonyl (C=O) groups is 1. The van der Waals surface area contributed by atoms with Crippen molar-refractivity contribution in [2.45, 2.75) is 44.4 Å². The van der Waals surface area contributed by atoms with Gasteiger partial charge < -0.3 is 9.64 Å². The Balaban J connectivity index is 1.78. The maximum atomic E-state index is 13.0. The Bertz CT molecular complexity index is 802. The van der Waals surface area contributed by atoms with Crippen molar-refractivity contribution in [1.82, 2.24) is 4.90 Å². The van der Waals surface area contributed by atoms with Crippen molar-refractivity contribution in [3.8, 4) is 0 Å². The van der Waals surface area contributed by atoms with Gasteiger partial charge in [0.15, 0.2) is 0 Å². The average Bonchev–Trinajstić information content (AvgIpc) is 3.50. The molecule has 2 fully saturated rings. The summed E-state index contributed by atoms with van der Waals surface area (Å²) in [7, 11) is 0. The fourth-order valence-electron chi connectivity index (χ4n) is 4.18. The lowest BCUT2D eigenvalue weighted by atomic mass is 9.90. The summed E-state index contributed by atoms with van der Waals surface area (Å²) < 4.78 is 6.07. The first-order valence-corrected chi connectivity index (χ1v) is 10.3. The molecule has 2 aromatic rings. The smallest absolute Gasteiger partial charge is 0.249 e. The van der Waals surface area contributed by atoms with Gasteiger partial charge in [-0.15, -0.1) is 0 Å². The second-order valence-corrected chi connectivity index (χ2v) is 8.27. The zero-order valence-corrected chi connectivity index (χ0v) is 16.8. The first kappa shape index (κ1) is 18.8. The normalized spacial score (nSPS) is 24.1. The third-order valence-corrected chi connectivity index (χ3v) is 6.12. The predicted molar refractivity (Wildman–Crippen MR) is 108 cm³/mol. The van der Waals surface area contributed by atoms with Crippen LogP contribution in [0.15, 0.2) is 48.5 Å². The van der Waals surface area contributed by atoms with Gasteiger partial charge in [-0.05, 0) is 60.6 Å². The van der Waals surface area contributed by atoms with Crippen molar-refractivity contribution >= 4 is 29.1 Å². The second kappa shape index (κ2) is 7.83. The number of hydrogen-bond acceptors (Lipinski definition) is 2. The van der Waals surface area contributed by atoms with Crippen molar-refractivity contribution in [2.24, 2.45) is 5.92 Å². The molecule has 0 unspecified atom stereocenters. The van der Waals surface area contributed by atoms with Gasteiger partial charge in [0.05, 0.1) is 6.04 Å². The minimum atomic E-state index is -0.228. The Kier molecular flexibility index (Phi) is 5.45. The maximum Gasteiger partial charge on any atom is 0.249 e. The monoisotopic (exact) mass is 403 g/mol. The number of carbonyl (C=O) groups excluding carboxylic acids is 1. The van der Waals surface area contributed by atoms with Gasteiger partial charge in [-0.3, -0.25) is 4.79 Å². The Morgan fingerprint density at radius 2 is 1.56 bits per heavy atom. The van der Waals surface area contributed by atoms with Crippen LogP contribution in [0.25, 0.3) is 0 Å². The van der Waals surface area contributed by atoms with E-state index in [-0.39, 0.29) is 30.7 Å². The lowest BCUT2D eigenvalue weighted by molar-refractivity contribution is -0.164. The van der Waals surface area contributed by atoms with E-state index in [1.807, 2.05) is 48.5 Å². The van der Waals surface area contributed by atoms with Crippen molar-refractivity contribution in [1.29, 1.82) is 0 Å². The number of benzene rings is 2. The van der Waals surface area contributed by atoms with E-state index in [0.717, 1.165) is 17.5 Å². The van der Waals surface area contributed by atoms with Crippen molar-refractivity contribution < 1.29 is 9.53 Å². The molecule has 1 heterocycles. The van der Waals surface area contributed by atoms with Gasteiger partial charge in [0.1, 0.15) is 12.7 Å². The molecule has 0 radical (unpaired) electrons. The molecule has 0 N–H and O–H groups in total. The molecular formula is C22H23Cl2NO2. The quantitative estimate of drug-likeness (QED) is 0.628. The summed E-state index contributed by atoms with van der Waals surface area (Å²) >= 11 is 12.2. The van der Waals surface area contributed by atoms with E-state index >= 15 is 0 Å². The van der Waals surface area contributed by atoms with Crippen molar-refractivity contribution in [3.05, 3.63) is 69.7 Å². The van der Waals surface area contributed by atoms with E-state index in [4.69, 9.17) is 27.9 Å². The molecule has 5 heteroatoms. The van der Waals surface area contributed by atoms with Gasteiger partial charge >= 0.3 is 0 Å². The standard InChI is InChI=1S/C22H23Cl2NO2/c1-2-19(14-3-4-14)25-20(26)13-27-22(16-7-11-18(24)12-8-16)21(25)15-5-9-17(23)10-6-15/h5-12,14,19,21-22H,2-4,13H2,1H3/t19-,21+,22-/m0/s1. The fraction of sp³-hybridized carbons (Fsp3) is 0.409. The first-order valence-electron chi connectivity index (χ1n) is 9.52. The van der Waals surface area contributed by atoms with E-state index in [0.29, 0.717) is 16.0 Å². The van der Waals surface area contributed by atoms with Crippen molar-refractivity contribution in [2.75, 3.05) is 6.61 Å². The molecule has 1 aliphatic heterocycles. The number of ether oxygens (including phenoxy) is 1. The largest absolute Gasteiger partial charge is 0.361 e. The van der Waals surface area contributed by atoms with Crippen LogP contribution in [0, 0.1) is 5.92 Å². The lowest BCUT2D eigenvalue weighted by Gasteiger charge is -2.45. The highest BCUT2D eigenvalue weighted by atomic mass is 35.5. The van der Waals surface area contributed by atoms with Gasteiger partial charge in [-0.2, -0.15) is 0 Å². The number of morpholine rings is 1. The highest BCUT2D eigenvalue weighted by Gasteiger charge is 2.45. The molecule has 27 heavy (non-hydrogen) atoms. The minimum Gasteiger partial charge on any atom is -0.361 e. The summed E-state index contributed by atoms with van der Waals surface area (Å²) in [4.78, 5) is 15.0. The van der Waals surface area contributed by atoms with Gasteiger partial charge in [0.25, 0.3) is 0 Å². The second-order valence-electron chi connectivity index (χ2n) is 7.39. The zero-order chi connectivity index (χ0) is 19.0. The molecule has 2 aliphatic rings. The van der Waals surface area contributed by atoms with Crippen LogP contribution in [0.1, 0.15) is 49.5 Å². The third kappa shape index (κ3) is 3.87. The molecule has 3 atom stereocenters. The van der Waals surface area contributed by atoms with E-state index < -0.39 is 0 Å². The van der Waals surface area contributed by atoms with Crippen molar-refractivity contribution in [3.63, 3.8) is 0 Å². The molecular weight excluding hydrogens is 381 g/mol. The Morgan fingerprint density at radius 1 is 1.00 bits per heavy atom. The van der Waals surface area contributed by atoms with Crippen LogP contribution in [0.5, 0.6) is 0 Å². The number of hydrogen-bond donors (Lipinski definition) is 0. The summed E-state index contributed by atoms with van der Waals surface area (Å²) in [5.41, 5.74) is 2.08. The van der Waals surface area contributed by atoms with Crippen LogP contribution in [0.2, 0.25) is 10.0 Å². The summed E-state index contributed by atoms with van der Waals surface area (Å²) in [5, 5.41) is 1.38. The molecule has 1 amide bonds. The Hall–Kier alpha value is -1.55. The highest BCUT2D eigenvalue weighted by Crippen LogP contribution is 2.46. The molecule has 0 bridgehead atoms. The fourth-order valence-corrected chi connectivity index (χ4v) is 4.44. The molecule has 142 valence electrons. The van der Waals surface area contributed by atoms with E-state index in [9.17, 15) is 4.79 Å². The van der Waals surface area contributed by atoms with Crippen LogP contribution < -0.4 is 0 Å². The first-order chi connectivity index (χ1) is 13.1. The van der Waals surface area contributed by atoms with Gasteiger partial charge in [0.2, 0.25) is 5.91 Å². The van der Waals surface area contributed by atoms with Crippen LogP contribution in [-0.4, -0.2) is 23.5 Å². The molecule has 1 aliphatic carbocycles. The maximum absolute atomic E-state index is 13.0. The predicted octanol–water partition coefficient (Wildman–Crippen LogP) is 5.82. The topological polar surface area (TPSA) is 29.5 Å². The molecule has 2 aromatic carbocycles. The zero-order valence-electron chi connectivity index (χ0n) is 15.3. The number of rotatable bonds is 5. The van der Waals surface area contributed by atoms with Gasteiger partial charge in [-0.25, -0.2) is 0 Å². The molecule has 1 saturated heterocycles. The highest BCUT2D eigenvalue weighted by molar-refractivity contribution is 6.30.